The van der Waals surface area contributed by atoms with Crippen LogP contribution in [0.15, 0.2) is 36.4 Å². The number of amides is 1. The number of anilines is 1. The van der Waals surface area contributed by atoms with E-state index in [4.69, 9.17) is 9.47 Å². The van der Waals surface area contributed by atoms with Crippen molar-refractivity contribution in [3.05, 3.63) is 63.2 Å². The van der Waals surface area contributed by atoms with E-state index in [2.05, 4.69) is 5.32 Å². The molecule has 0 saturated carbocycles. The number of nitro groups is 1. The molecule has 27 heavy (non-hydrogen) atoms. The number of rotatable bonds is 7. The standard InChI is InChI=1S/C19H20N2O6/c1-4-26-15-7-5-14(6-8-15)19(23)27-11-18(22)20-16-9-12(2)13(3)10-17(16)21(24)25/h5-10H,4,11H2,1-3H3,(H,20,22). The molecular weight excluding hydrogens is 352 g/mol. The molecule has 0 spiro atoms. The van der Waals surface area contributed by atoms with Crippen LogP contribution in [0, 0.1) is 24.0 Å². The molecule has 8 heteroatoms. The Balaban J connectivity index is 1.99. The van der Waals surface area contributed by atoms with Gasteiger partial charge in [-0.25, -0.2) is 4.79 Å². The summed E-state index contributed by atoms with van der Waals surface area (Å²) in [6.07, 6.45) is 0. The van der Waals surface area contributed by atoms with E-state index in [0.29, 0.717) is 12.4 Å². The second-order valence-corrected chi connectivity index (χ2v) is 5.79. The van der Waals surface area contributed by atoms with Crippen molar-refractivity contribution in [3.63, 3.8) is 0 Å². The molecule has 1 N–H and O–H groups in total. The zero-order valence-electron chi connectivity index (χ0n) is 15.3. The Morgan fingerprint density at radius 2 is 1.74 bits per heavy atom. The van der Waals surface area contributed by atoms with Gasteiger partial charge in [0.1, 0.15) is 11.4 Å². The van der Waals surface area contributed by atoms with Crippen LogP contribution in [-0.2, 0) is 9.53 Å². The number of carbonyl (C=O) groups is 2. The van der Waals surface area contributed by atoms with E-state index in [-0.39, 0.29) is 16.9 Å². The van der Waals surface area contributed by atoms with Crippen LogP contribution >= 0.6 is 0 Å². The van der Waals surface area contributed by atoms with Gasteiger partial charge in [0.25, 0.3) is 11.6 Å². The lowest BCUT2D eigenvalue weighted by Gasteiger charge is -2.09. The molecule has 0 aromatic heterocycles. The number of hydrogen-bond donors (Lipinski definition) is 1. The quantitative estimate of drug-likeness (QED) is 0.453. The minimum absolute atomic E-state index is 0.0604. The fourth-order valence-corrected chi connectivity index (χ4v) is 2.31. The van der Waals surface area contributed by atoms with Crippen molar-refractivity contribution in [3.8, 4) is 5.75 Å². The average Bonchev–Trinajstić information content (AvgIpc) is 2.63. The number of nitro benzene ring substituents is 1. The van der Waals surface area contributed by atoms with Crippen molar-refractivity contribution < 1.29 is 24.0 Å². The van der Waals surface area contributed by atoms with Crippen molar-refractivity contribution in [1.29, 1.82) is 0 Å². The van der Waals surface area contributed by atoms with Crippen molar-refractivity contribution in [2.75, 3.05) is 18.5 Å². The van der Waals surface area contributed by atoms with Gasteiger partial charge in [-0.3, -0.25) is 14.9 Å². The van der Waals surface area contributed by atoms with Gasteiger partial charge in [-0.05, 0) is 62.2 Å². The fraction of sp³-hybridized carbons (Fsp3) is 0.263. The van der Waals surface area contributed by atoms with E-state index in [9.17, 15) is 19.7 Å². The summed E-state index contributed by atoms with van der Waals surface area (Å²) >= 11 is 0. The molecule has 0 bridgehead atoms. The summed E-state index contributed by atoms with van der Waals surface area (Å²) in [5, 5.41) is 13.6. The lowest BCUT2D eigenvalue weighted by Crippen LogP contribution is -2.21. The maximum absolute atomic E-state index is 12.0. The molecule has 0 atom stereocenters. The minimum atomic E-state index is -0.678. The summed E-state index contributed by atoms with van der Waals surface area (Å²) in [6, 6.07) is 9.20. The molecule has 2 aromatic rings. The van der Waals surface area contributed by atoms with E-state index in [0.717, 1.165) is 11.1 Å². The Morgan fingerprint density at radius 3 is 2.33 bits per heavy atom. The van der Waals surface area contributed by atoms with Crippen LogP contribution in [0.5, 0.6) is 5.75 Å². The van der Waals surface area contributed by atoms with Crippen LogP contribution < -0.4 is 10.1 Å². The first kappa shape index (κ1) is 19.9. The molecule has 0 heterocycles. The highest BCUT2D eigenvalue weighted by molar-refractivity contribution is 5.97. The fourth-order valence-electron chi connectivity index (χ4n) is 2.31. The number of esters is 1. The summed E-state index contributed by atoms with van der Waals surface area (Å²) in [7, 11) is 0. The van der Waals surface area contributed by atoms with Gasteiger partial charge >= 0.3 is 5.97 Å². The van der Waals surface area contributed by atoms with E-state index >= 15 is 0 Å². The molecular formula is C19H20N2O6. The zero-order chi connectivity index (χ0) is 20.0. The number of nitrogens with one attached hydrogen (secondary N) is 1. The number of hydrogen-bond acceptors (Lipinski definition) is 6. The average molecular weight is 372 g/mol. The van der Waals surface area contributed by atoms with Gasteiger partial charge in [0, 0.05) is 6.07 Å². The SMILES string of the molecule is CCOc1ccc(C(=O)OCC(=O)Nc2cc(C)c(C)cc2[N+](=O)[O-])cc1. The van der Waals surface area contributed by atoms with Crippen LogP contribution in [0.1, 0.15) is 28.4 Å². The van der Waals surface area contributed by atoms with Gasteiger partial charge in [-0.15, -0.1) is 0 Å². The van der Waals surface area contributed by atoms with Crippen molar-refractivity contribution in [2.45, 2.75) is 20.8 Å². The molecule has 2 rings (SSSR count). The lowest BCUT2D eigenvalue weighted by molar-refractivity contribution is -0.384. The highest BCUT2D eigenvalue weighted by Gasteiger charge is 2.18. The first-order valence-electron chi connectivity index (χ1n) is 8.27. The molecule has 2 aromatic carbocycles. The number of nitrogens with zero attached hydrogens (tertiary/aromatic N) is 1. The van der Waals surface area contributed by atoms with E-state index in [1.165, 1.54) is 24.3 Å². The molecule has 0 aliphatic carbocycles. The third-order valence-corrected chi connectivity index (χ3v) is 3.82. The summed E-state index contributed by atoms with van der Waals surface area (Å²) in [6.45, 7) is 5.32. The minimum Gasteiger partial charge on any atom is -0.494 e. The topological polar surface area (TPSA) is 108 Å². The van der Waals surface area contributed by atoms with Crippen LogP contribution in [0.3, 0.4) is 0 Å². The van der Waals surface area contributed by atoms with E-state index in [1.54, 1.807) is 26.0 Å². The number of carbonyl (C=O) groups excluding carboxylic acids is 2. The largest absolute Gasteiger partial charge is 0.494 e. The summed E-state index contributed by atoms with van der Waals surface area (Å²) < 4.78 is 10.2. The molecule has 0 saturated heterocycles. The van der Waals surface area contributed by atoms with E-state index in [1.807, 2.05) is 6.92 Å². The third kappa shape index (κ3) is 5.27. The Labute approximate surface area is 156 Å². The molecule has 0 fully saturated rings. The second-order valence-electron chi connectivity index (χ2n) is 5.79. The molecule has 0 unspecified atom stereocenters. The first-order valence-corrected chi connectivity index (χ1v) is 8.27. The number of aryl methyl sites for hydroxylation is 2. The molecule has 142 valence electrons. The maximum atomic E-state index is 12.0. The third-order valence-electron chi connectivity index (χ3n) is 3.82. The highest BCUT2D eigenvalue weighted by atomic mass is 16.6. The normalized spacial score (nSPS) is 10.2. The Kier molecular flexibility index (Phi) is 6.48. The smallest absolute Gasteiger partial charge is 0.338 e. The van der Waals surface area contributed by atoms with Gasteiger partial charge in [-0.2, -0.15) is 0 Å². The Hall–Kier alpha value is -3.42. The van der Waals surface area contributed by atoms with E-state index < -0.39 is 23.4 Å². The highest BCUT2D eigenvalue weighted by Crippen LogP contribution is 2.27. The van der Waals surface area contributed by atoms with Gasteiger partial charge in [0.15, 0.2) is 6.61 Å². The Morgan fingerprint density at radius 1 is 1.11 bits per heavy atom. The molecule has 0 aliphatic heterocycles. The van der Waals surface area contributed by atoms with Crippen molar-refractivity contribution >= 4 is 23.3 Å². The number of ether oxygens (including phenoxy) is 2. The zero-order valence-corrected chi connectivity index (χ0v) is 15.3. The summed E-state index contributed by atoms with van der Waals surface area (Å²) in [4.78, 5) is 34.6. The molecule has 8 nitrogen and oxygen atoms in total. The second kappa shape index (κ2) is 8.79. The maximum Gasteiger partial charge on any atom is 0.338 e. The summed E-state index contributed by atoms with van der Waals surface area (Å²) in [5.41, 5.74) is 1.64. The van der Waals surface area contributed by atoms with Crippen molar-refractivity contribution in [2.24, 2.45) is 0 Å². The monoisotopic (exact) mass is 372 g/mol. The Bertz CT molecular complexity index is 861. The van der Waals surface area contributed by atoms with Crippen LogP contribution in [-0.4, -0.2) is 30.0 Å². The van der Waals surface area contributed by atoms with Crippen LogP contribution in [0.2, 0.25) is 0 Å². The van der Waals surface area contributed by atoms with Gasteiger partial charge in [-0.1, -0.05) is 0 Å². The first-order chi connectivity index (χ1) is 12.8. The lowest BCUT2D eigenvalue weighted by atomic mass is 10.1. The van der Waals surface area contributed by atoms with Gasteiger partial charge < -0.3 is 14.8 Å². The van der Waals surface area contributed by atoms with Gasteiger partial charge in [0.2, 0.25) is 0 Å². The van der Waals surface area contributed by atoms with Crippen molar-refractivity contribution in [1.82, 2.24) is 0 Å². The summed E-state index contributed by atoms with van der Waals surface area (Å²) in [5.74, 6) is -0.725. The number of benzene rings is 2. The molecule has 1 amide bonds. The van der Waals surface area contributed by atoms with Crippen LogP contribution in [0.25, 0.3) is 0 Å². The van der Waals surface area contributed by atoms with Gasteiger partial charge in [0.05, 0.1) is 17.1 Å². The van der Waals surface area contributed by atoms with Crippen LogP contribution in [0.4, 0.5) is 11.4 Å². The predicted molar refractivity (Wildman–Crippen MR) is 99.1 cm³/mol. The molecule has 0 aliphatic rings. The molecule has 0 radical (unpaired) electrons. The predicted octanol–water partition coefficient (Wildman–Crippen LogP) is 3.41.